The van der Waals surface area contributed by atoms with Crippen LogP contribution in [0.3, 0.4) is 0 Å². The zero-order chi connectivity index (χ0) is 14.7. The number of piperidine rings is 1. The summed E-state index contributed by atoms with van der Waals surface area (Å²) in [5.41, 5.74) is 1.44. The molecule has 1 aliphatic rings. The smallest absolute Gasteiger partial charge is 0.322 e. The van der Waals surface area contributed by atoms with Crippen molar-refractivity contribution in [3.8, 4) is 0 Å². The lowest BCUT2D eigenvalue weighted by Gasteiger charge is -2.36. The number of rotatable bonds is 2. The van der Waals surface area contributed by atoms with E-state index in [0.717, 1.165) is 5.69 Å². The first-order valence-corrected chi connectivity index (χ1v) is 6.71. The van der Waals surface area contributed by atoms with Crippen molar-refractivity contribution in [3.63, 3.8) is 0 Å². The second kappa shape index (κ2) is 5.90. The van der Waals surface area contributed by atoms with Crippen LogP contribution in [0.25, 0.3) is 0 Å². The molecule has 1 saturated heterocycles. The van der Waals surface area contributed by atoms with Gasteiger partial charge in [-0.15, -0.1) is 0 Å². The van der Waals surface area contributed by atoms with Crippen LogP contribution in [-0.2, 0) is 4.79 Å². The van der Waals surface area contributed by atoms with Gasteiger partial charge in [-0.2, -0.15) is 0 Å². The van der Waals surface area contributed by atoms with Gasteiger partial charge >= 0.3 is 12.0 Å². The van der Waals surface area contributed by atoms with E-state index in [0.29, 0.717) is 25.1 Å². The van der Waals surface area contributed by atoms with E-state index in [-0.39, 0.29) is 18.0 Å². The van der Waals surface area contributed by atoms with Gasteiger partial charge in [0.25, 0.3) is 0 Å². The van der Waals surface area contributed by atoms with Gasteiger partial charge in [0.2, 0.25) is 0 Å². The van der Waals surface area contributed by atoms with Gasteiger partial charge in [0.05, 0.1) is 17.3 Å². The van der Waals surface area contributed by atoms with Crippen molar-refractivity contribution in [2.75, 3.05) is 11.9 Å². The highest BCUT2D eigenvalue weighted by Gasteiger charge is 2.32. The van der Waals surface area contributed by atoms with Crippen LogP contribution in [0.1, 0.15) is 25.5 Å². The molecule has 0 bridgehead atoms. The fourth-order valence-corrected chi connectivity index (χ4v) is 2.50. The van der Waals surface area contributed by atoms with E-state index in [4.69, 9.17) is 5.11 Å². The molecule has 0 radical (unpaired) electrons. The molecule has 1 aromatic rings. The molecule has 6 heteroatoms. The zero-order valence-electron chi connectivity index (χ0n) is 11.7. The third kappa shape index (κ3) is 3.07. The first-order valence-electron chi connectivity index (χ1n) is 6.71. The highest BCUT2D eigenvalue weighted by Crippen LogP contribution is 2.24. The van der Waals surface area contributed by atoms with Crippen LogP contribution in [0, 0.1) is 12.8 Å². The van der Waals surface area contributed by atoms with Gasteiger partial charge in [-0.25, -0.2) is 4.79 Å². The quantitative estimate of drug-likeness (QED) is 0.867. The van der Waals surface area contributed by atoms with Gasteiger partial charge in [-0.05, 0) is 38.8 Å². The highest BCUT2D eigenvalue weighted by molar-refractivity contribution is 5.90. The van der Waals surface area contributed by atoms with Crippen LogP contribution in [0.15, 0.2) is 18.3 Å². The lowest BCUT2D eigenvalue weighted by Crippen LogP contribution is -2.47. The summed E-state index contributed by atoms with van der Waals surface area (Å²) in [4.78, 5) is 29.0. The molecule has 20 heavy (non-hydrogen) atoms. The van der Waals surface area contributed by atoms with E-state index in [2.05, 4.69) is 10.3 Å². The maximum atomic E-state index is 12.2. The molecule has 2 N–H and O–H groups in total. The number of urea groups is 1. The summed E-state index contributed by atoms with van der Waals surface area (Å²) in [6.45, 7) is 4.17. The topological polar surface area (TPSA) is 82.5 Å². The third-order valence-electron chi connectivity index (χ3n) is 3.73. The fourth-order valence-electron chi connectivity index (χ4n) is 2.50. The Morgan fingerprint density at radius 2 is 2.25 bits per heavy atom. The van der Waals surface area contributed by atoms with E-state index in [9.17, 15) is 9.59 Å². The molecule has 1 aromatic heterocycles. The molecule has 2 amide bonds. The summed E-state index contributed by atoms with van der Waals surface area (Å²) < 4.78 is 0. The number of pyridine rings is 1. The number of carboxylic acid groups (broad SMARTS) is 1. The lowest BCUT2D eigenvalue weighted by atomic mass is 9.92. The summed E-state index contributed by atoms with van der Waals surface area (Å²) >= 11 is 0. The Labute approximate surface area is 117 Å². The summed E-state index contributed by atoms with van der Waals surface area (Å²) in [7, 11) is 0. The van der Waals surface area contributed by atoms with E-state index < -0.39 is 5.97 Å². The summed E-state index contributed by atoms with van der Waals surface area (Å²) in [5, 5.41) is 11.9. The Kier molecular flexibility index (Phi) is 4.22. The van der Waals surface area contributed by atoms with Gasteiger partial charge in [0.15, 0.2) is 0 Å². The van der Waals surface area contributed by atoms with Crippen molar-refractivity contribution in [3.05, 3.63) is 24.0 Å². The van der Waals surface area contributed by atoms with Crippen LogP contribution in [0.2, 0.25) is 0 Å². The van der Waals surface area contributed by atoms with Crippen LogP contribution < -0.4 is 5.32 Å². The molecule has 2 unspecified atom stereocenters. The third-order valence-corrected chi connectivity index (χ3v) is 3.73. The molecular weight excluding hydrogens is 258 g/mol. The molecule has 6 nitrogen and oxygen atoms in total. The van der Waals surface area contributed by atoms with Crippen LogP contribution in [0.4, 0.5) is 10.5 Å². The molecule has 2 atom stereocenters. The minimum Gasteiger partial charge on any atom is -0.481 e. The average molecular weight is 277 g/mol. The molecule has 2 heterocycles. The minimum absolute atomic E-state index is 0.0816. The van der Waals surface area contributed by atoms with Crippen molar-refractivity contribution in [1.29, 1.82) is 0 Å². The number of aliphatic carboxylic acids is 1. The monoisotopic (exact) mass is 277 g/mol. The number of likely N-dealkylation sites (tertiary alicyclic amines) is 1. The Hall–Kier alpha value is -2.11. The summed E-state index contributed by atoms with van der Waals surface area (Å²) in [6, 6.07) is 3.29. The van der Waals surface area contributed by atoms with E-state index in [1.165, 1.54) is 0 Å². The lowest BCUT2D eigenvalue weighted by molar-refractivity contribution is -0.143. The van der Waals surface area contributed by atoms with Crippen LogP contribution in [0.5, 0.6) is 0 Å². The number of aromatic nitrogens is 1. The van der Waals surface area contributed by atoms with Gasteiger partial charge < -0.3 is 15.3 Å². The summed E-state index contributed by atoms with van der Waals surface area (Å²) in [5.74, 6) is -1.13. The molecule has 0 spiro atoms. The highest BCUT2D eigenvalue weighted by atomic mass is 16.4. The van der Waals surface area contributed by atoms with Gasteiger partial charge in [-0.3, -0.25) is 9.78 Å². The Morgan fingerprint density at radius 3 is 2.85 bits per heavy atom. The van der Waals surface area contributed by atoms with Gasteiger partial charge in [-0.1, -0.05) is 0 Å². The van der Waals surface area contributed by atoms with Crippen molar-refractivity contribution in [1.82, 2.24) is 9.88 Å². The first-order chi connectivity index (χ1) is 9.49. The summed E-state index contributed by atoms with van der Waals surface area (Å²) in [6.07, 6.45) is 2.67. The molecule has 0 saturated carbocycles. The molecule has 1 aliphatic heterocycles. The number of hydrogen-bond donors (Lipinski definition) is 2. The minimum atomic E-state index is -0.778. The van der Waals surface area contributed by atoms with Crippen molar-refractivity contribution in [2.45, 2.75) is 32.7 Å². The molecule has 108 valence electrons. The SMILES string of the molecule is Cc1ncccc1NC(=O)N1CCC(C(=O)O)CC1C. The fraction of sp³-hybridized carbons (Fsp3) is 0.500. The van der Waals surface area contributed by atoms with Crippen molar-refractivity contribution in [2.24, 2.45) is 5.92 Å². The Morgan fingerprint density at radius 1 is 1.50 bits per heavy atom. The standard InChI is InChI=1S/C14H19N3O3/c1-9-8-11(13(18)19)5-7-17(9)14(20)16-12-4-3-6-15-10(12)2/h3-4,6,9,11H,5,7-8H2,1-2H3,(H,16,20)(H,18,19). The van der Waals surface area contributed by atoms with Gasteiger partial charge in [0.1, 0.15) is 0 Å². The number of carbonyl (C=O) groups is 2. The molecule has 1 fully saturated rings. The molecule has 2 rings (SSSR count). The van der Waals surface area contributed by atoms with Gasteiger partial charge in [0, 0.05) is 18.8 Å². The van der Waals surface area contributed by atoms with E-state index in [1.54, 1.807) is 23.2 Å². The van der Waals surface area contributed by atoms with E-state index >= 15 is 0 Å². The molecule has 0 aliphatic carbocycles. The average Bonchev–Trinajstić information content (AvgIpc) is 2.41. The predicted octanol–water partition coefficient (Wildman–Crippen LogP) is 2.11. The number of aryl methyl sites for hydroxylation is 1. The number of hydrogen-bond acceptors (Lipinski definition) is 3. The Balaban J connectivity index is 2.00. The largest absolute Gasteiger partial charge is 0.481 e. The number of nitrogens with zero attached hydrogens (tertiary/aromatic N) is 2. The van der Waals surface area contributed by atoms with E-state index in [1.807, 2.05) is 13.8 Å². The number of nitrogens with one attached hydrogen (secondary N) is 1. The van der Waals surface area contributed by atoms with Crippen molar-refractivity contribution >= 4 is 17.7 Å². The number of amides is 2. The van der Waals surface area contributed by atoms with Crippen LogP contribution in [-0.4, -0.2) is 39.6 Å². The predicted molar refractivity (Wildman–Crippen MR) is 74.5 cm³/mol. The Bertz CT molecular complexity index is 518. The number of carboxylic acids is 1. The maximum Gasteiger partial charge on any atom is 0.322 e. The zero-order valence-corrected chi connectivity index (χ0v) is 11.7. The second-order valence-electron chi connectivity index (χ2n) is 5.17. The molecule has 0 aromatic carbocycles. The normalized spacial score (nSPS) is 22.4. The maximum absolute atomic E-state index is 12.2. The van der Waals surface area contributed by atoms with Crippen LogP contribution >= 0.6 is 0 Å². The second-order valence-corrected chi connectivity index (χ2v) is 5.17. The molecular formula is C14H19N3O3. The first kappa shape index (κ1) is 14.3. The number of carbonyl (C=O) groups excluding carboxylic acids is 1. The van der Waals surface area contributed by atoms with Crippen molar-refractivity contribution < 1.29 is 14.7 Å². The number of anilines is 1.